The number of carbonyl (C=O) groups is 1. The van der Waals surface area contributed by atoms with Crippen molar-refractivity contribution in [3.05, 3.63) is 71.4 Å². The zero-order chi connectivity index (χ0) is 25.4. The molecule has 0 fully saturated rings. The van der Waals surface area contributed by atoms with Crippen LogP contribution in [0, 0.1) is 0 Å². The lowest BCUT2D eigenvalue weighted by Crippen LogP contribution is -2.43. The Morgan fingerprint density at radius 1 is 1.03 bits per heavy atom. The average molecular weight is 521 g/mol. The predicted octanol–water partition coefficient (Wildman–Crippen LogP) is 6.31. The molecule has 0 unspecified atom stereocenters. The van der Waals surface area contributed by atoms with E-state index in [0.717, 1.165) is 11.2 Å². The quantitative estimate of drug-likeness (QED) is 0.256. The second kappa shape index (κ2) is 9.25. The van der Waals surface area contributed by atoms with Gasteiger partial charge in [-0.15, -0.1) is 0 Å². The Morgan fingerprint density at radius 2 is 1.81 bits per heavy atom. The lowest BCUT2D eigenvalue weighted by molar-refractivity contribution is 0.243. The molecular formula is C25H22Cl2N8O. The number of halogens is 2. The van der Waals surface area contributed by atoms with E-state index in [9.17, 15) is 4.79 Å². The summed E-state index contributed by atoms with van der Waals surface area (Å²) in [5.41, 5.74) is 2.79. The number of nitrogens with one attached hydrogen (secondary N) is 3. The minimum atomic E-state index is -0.446. The topological polar surface area (TPSA) is 109 Å². The van der Waals surface area contributed by atoms with Gasteiger partial charge < -0.3 is 15.0 Å². The van der Waals surface area contributed by atoms with Gasteiger partial charge in [-0.2, -0.15) is 4.98 Å². The van der Waals surface area contributed by atoms with Crippen molar-refractivity contribution in [2.24, 2.45) is 0 Å². The number of imidazole rings is 1. The van der Waals surface area contributed by atoms with Gasteiger partial charge in [-0.1, -0.05) is 29.3 Å². The van der Waals surface area contributed by atoms with Crippen molar-refractivity contribution in [3.63, 3.8) is 0 Å². The fourth-order valence-electron chi connectivity index (χ4n) is 3.67. The molecule has 36 heavy (non-hydrogen) atoms. The number of urea groups is 1. The third-order valence-electron chi connectivity index (χ3n) is 5.19. The van der Waals surface area contributed by atoms with E-state index in [4.69, 9.17) is 23.2 Å². The highest BCUT2D eigenvalue weighted by atomic mass is 35.5. The Balaban J connectivity index is 1.57. The number of nitrogens with zero attached hydrogens (tertiary/aromatic N) is 5. The Hall–Kier alpha value is -3.95. The number of carbonyl (C=O) groups excluding carboxylic acids is 1. The van der Waals surface area contributed by atoms with Gasteiger partial charge in [0.05, 0.1) is 33.8 Å². The number of rotatable bonds is 4. The molecule has 0 spiro atoms. The van der Waals surface area contributed by atoms with Crippen LogP contribution < -0.4 is 16.0 Å². The van der Waals surface area contributed by atoms with Crippen molar-refractivity contribution in [2.45, 2.75) is 26.3 Å². The molecular weight excluding hydrogens is 499 g/mol. The van der Waals surface area contributed by atoms with Crippen LogP contribution >= 0.6 is 23.2 Å². The zero-order valence-corrected chi connectivity index (χ0v) is 21.2. The van der Waals surface area contributed by atoms with E-state index in [1.807, 2.05) is 49.6 Å². The standard InChI is InChI=1S/C25H22Cl2N8O/c1-25(2,3)34-24(36)33-22-17(20-18(26)5-4-6-19(20)27)9-14-10-29-23(32-21(14)31-22)30-15-7-8-16-11-28-13-35(16)12-15/h4-13H,1-3H3,(H3,29,30,31,32,33,34,36). The summed E-state index contributed by atoms with van der Waals surface area (Å²) >= 11 is 13.0. The van der Waals surface area contributed by atoms with Gasteiger partial charge in [0.25, 0.3) is 0 Å². The van der Waals surface area contributed by atoms with Gasteiger partial charge in [0.15, 0.2) is 5.65 Å². The summed E-state index contributed by atoms with van der Waals surface area (Å²) in [5, 5.41) is 10.4. The number of benzene rings is 1. The number of pyridine rings is 2. The molecule has 0 radical (unpaired) electrons. The van der Waals surface area contributed by atoms with E-state index in [1.54, 1.807) is 36.9 Å². The summed E-state index contributed by atoms with van der Waals surface area (Å²) in [5.74, 6) is 0.617. The first-order valence-corrected chi connectivity index (χ1v) is 11.8. The molecule has 0 aliphatic heterocycles. The van der Waals surface area contributed by atoms with Crippen molar-refractivity contribution in [1.82, 2.24) is 29.7 Å². The SMILES string of the molecule is CC(C)(C)NC(=O)Nc1nc2nc(Nc3ccc4cncn4c3)ncc2cc1-c1c(Cl)cccc1Cl. The minimum absolute atomic E-state index is 0.267. The van der Waals surface area contributed by atoms with Crippen LogP contribution in [0.5, 0.6) is 0 Å². The average Bonchev–Trinajstić information content (AvgIpc) is 3.26. The lowest BCUT2D eigenvalue weighted by Gasteiger charge is -2.21. The molecule has 0 saturated carbocycles. The Morgan fingerprint density at radius 3 is 2.56 bits per heavy atom. The normalized spacial score (nSPS) is 11.6. The van der Waals surface area contributed by atoms with Crippen molar-refractivity contribution in [1.29, 1.82) is 0 Å². The Kier molecular flexibility index (Phi) is 6.11. The molecule has 1 aromatic carbocycles. The Bertz CT molecular complexity index is 1590. The minimum Gasteiger partial charge on any atom is -0.333 e. The van der Waals surface area contributed by atoms with Gasteiger partial charge in [-0.3, -0.25) is 5.32 Å². The summed E-state index contributed by atoms with van der Waals surface area (Å²) < 4.78 is 1.89. The highest BCUT2D eigenvalue weighted by molar-refractivity contribution is 6.39. The van der Waals surface area contributed by atoms with Crippen LogP contribution in [0.3, 0.4) is 0 Å². The van der Waals surface area contributed by atoms with E-state index in [1.165, 1.54) is 0 Å². The maximum absolute atomic E-state index is 12.7. The molecule has 4 heterocycles. The maximum atomic E-state index is 12.7. The molecule has 11 heteroatoms. The number of amides is 2. The highest BCUT2D eigenvalue weighted by Crippen LogP contribution is 2.39. The lowest BCUT2D eigenvalue weighted by atomic mass is 10.0. The van der Waals surface area contributed by atoms with Gasteiger partial charge in [-0.05, 0) is 51.1 Å². The fraction of sp³-hybridized carbons (Fsp3) is 0.160. The number of fused-ring (bicyclic) bond motifs is 2. The van der Waals surface area contributed by atoms with Crippen LogP contribution in [-0.4, -0.2) is 35.9 Å². The van der Waals surface area contributed by atoms with Crippen LogP contribution in [0.4, 0.5) is 22.2 Å². The first kappa shape index (κ1) is 23.8. The summed E-state index contributed by atoms with van der Waals surface area (Å²) in [4.78, 5) is 30.5. The molecule has 0 bridgehead atoms. The molecule has 0 aliphatic carbocycles. The van der Waals surface area contributed by atoms with Crippen LogP contribution in [0.15, 0.2) is 61.3 Å². The summed E-state index contributed by atoms with van der Waals surface area (Å²) in [7, 11) is 0. The van der Waals surface area contributed by atoms with E-state index >= 15 is 0 Å². The maximum Gasteiger partial charge on any atom is 0.320 e. The molecule has 182 valence electrons. The second-order valence-electron chi connectivity index (χ2n) is 9.19. The monoisotopic (exact) mass is 520 g/mol. The van der Waals surface area contributed by atoms with Gasteiger partial charge in [-0.25, -0.2) is 19.7 Å². The molecule has 9 nitrogen and oxygen atoms in total. The van der Waals surface area contributed by atoms with Crippen molar-refractivity contribution < 1.29 is 4.79 Å². The second-order valence-corrected chi connectivity index (χ2v) is 10.00. The van der Waals surface area contributed by atoms with Gasteiger partial charge in [0, 0.05) is 34.4 Å². The van der Waals surface area contributed by atoms with E-state index in [0.29, 0.717) is 38.2 Å². The summed E-state index contributed by atoms with van der Waals surface area (Å²) in [6.07, 6.45) is 7.02. The number of hydrogen-bond donors (Lipinski definition) is 3. The first-order valence-electron chi connectivity index (χ1n) is 11.1. The van der Waals surface area contributed by atoms with Crippen LogP contribution in [0.2, 0.25) is 10.0 Å². The molecule has 0 saturated heterocycles. The molecule has 4 aromatic heterocycles. The molecule has 3 N–H and O–H groups in total. The van der Waals surface area contributed by atoms with Gasteiger partial charge in [0.1, 0.15) is 5.82 Å². The van der Waals surface area contributed by atoms with E-state index in [-0.39, 0.29) is 5.82 Å². The largest absolute Gasteiger partial charge is 0.333 e. The fourth-order valence-corrected chi connectivity index (χ4v) is 4.27. The third-order valence-corrected chi connectivity index (χ3v) is 5.82. The first-order chi connectivity index (χ1) is 17.2. The molecule has 2 amide bonds. The zero-order valence-electron chi connectivity index (χ0n) is 19.7. The van der Waals surface area contributed by atoms with Gasteiger partial charge >= 0.3 is 6.03 Å². The van der Waals surface area contributed by atoms with Crippen LogP contribution in [0.25, 0.3) is 27.7 Å². The summed E-state index contributed by atoms with van der Waals surface area (Å²) in [6.45, 7) is 5.66. The van der Waals surface area contributed by atoms with Crippen molar-refractivity contribution >= 4 is 63.2 Å². The highest BCUT2D eigenvalue weighted by Gasteiger charge is 2.20. The summed E-state index contributed by atoms with van der Waals surface area (Å²) in [6, 6.07) is 10.4. The predicted molar refractivity (Wildman–Crippen MR) is 143 cm³/mol. The smallest absolute Gasteiger partial charge is 0.320 e. The van der Waals surface area contributed by atoms with Crippen LogP contribution in [-0.2, 0) is 0 Å². The van der Waals surface area contributed by atoms with E-state index in [2.05, 4.69) is 35.9 Å². The molecule has 5 rings (SSSR count). The third kappa shape index (κ3) is 5.02. The van der Waals surface area contributed by atoms with Crippen LogP contribution in [0.1, 0.15) is 20.8 Å². The van der Waals surface area contributed by atoms with Gasteiger partial charge in [0.2, 0.25) is 5.95 Å². The molecule has 0 aliphatic rings. The van der Waals surface area contributed by atoms with E-state index < -0.39 is 11.6 Å². The van der Waals surface area contributed by atoms with Crippen molar-refractivity contribution in [2.75, 3.05) is 10.6 Å². The number of hydrogen-bond acceptors (Lipinski definition) is 6. The molecule has 0 atom stereocenters. The molecule has 5 aromatic rings. The number of anilines is 3. The van der Waals surface area contributed by atoms with Crippen molar-refractivity contribution in [3.8, 4) is 11.1 Å². The Labute approximate surface area is 216 Å². The number of aromatic nitrogens is 5.